The van der Waals surface area contributed by atoms with Crippen LogP contribution in [-0.2, 0) is 19.5 Å². The van der Waals surface area contributed by atoms with Crippen LogP contribution in [0.5, 0.6) is 0 Å². The van der Waals surface area contributed by atoms with Gasteiger partial charge >= 0.3 is 0 Å². The Labute approximate surface area is 159 Å². The average Bonchev–Trinajstić information content (AvgIpc) is 2.98. The predicted octanol–water partition coefficient (Wildman–Crippen LogP) is 3.89. The fraction of sp³-hybridized carbons (Fsp3) is 0.412. The zero-order valence-electron chi connectivity index (χ0n) is 13.9. The Bertz CT molecular complexity index is 625. The van der Waals surface area contributed by atoms with E-state index in [0.29, 0.717) is 13.1 Å². The summed E-state index contributed by atoms with van der Waals surface area (Å²) in [6, 6.07) is 8.45. The highest BCUT2D eigenvalue weighted by Gasteiger charge is 2.02. The maximum absolute atomic E-state index is 4.64. The Morgan fingerprint density at radius 2 is 2.09 bits per heavy atom. The fourth-order valence-electron chi connectivity index (χ4n) is 2.08. The third-order valence-electron chi connectivity index (χ3n) is 3.20. The second-order valence-electron chi connectivity index (χ2n) is 5.11. The molecule has 2 N–H and O–H groups in total. The van der Waals surface area contributed by atoms with E-state index in [1.54, 1.807) is 11.3 Å². The number of aromatic nitrogens is 1. The first-order valence-electron chi connectivity index (χ1n) is 7.72. The Balaban J connectivity index is 0.00000264. The molecule has 0 aliphatic heterocycles. The van der Waals surface area contributed by atoms with Gasteiger partial charge in [0.1, 0.15) is 5.01 Å². The summed E-state index contributed by atoms with van der Waals surface area (Å²) in [4.78, 5) is 10.4. The number of nitrogens with one attached hydrogen (secondary N) is 2. The van der Waals surface area contributed by atoms with E-state index in [-0.39, 0.29) is 24.0 Å². The number of aryl methyl sites for hydroxylation is 2. The number of nitrogens with zero attached hydrogens (tertiary/aromatic N) is 2. The molecule has 0 saturated heterocycles. The van der Waals surface area contributed by atoms with Crippen LogP contribution >= 0.6 is 35.3 Å². The summed E-state index contributed by atoms with van der Waals surface area (Å²) in [5.41, 5.74) is 2.49. The lowest BCUT2D eigenvalue weighted by Gasteiger charge is -2.10. The first kappa shape index (κ1) is 19.9. The average molecular weight is 444 g/mol. The van der Waals surface area contributed by atoms with Gasteiger partial charge in [-0.25, -0.2) is 9.98 Å². The van der Waals surface area contributed by atoms with E-state index in [1.807, 2.05) is 6.20 Å². The van der Waals surface area contributed by atoms with Crippen LogP contribution in [0.25, 0.3) is 0 Å². The highest BCUT2D eigenvalue weighted by atomic mass is 127. The highest BCUT2D eigenvalue weighted by Crippen LogP contribution is 2.12. The molecule has 126 valence electrons. The molecule has 0 saturated carbocycles. The number of guanidine groups is 1. The standard InChI is InChI=1S/C17H24N4S.HI/c1-4-15-11-19-16(22-15)12-21-17(18-5-2)20-10-14-8-6-7-13(3)9-14;/h6-9,11H,4-5,10,12H2,1-3H3,(H2,18,20,21);1H. The molecule has 0 radical (unpaired) electrons. The molecule has 1 aromatic carbocycles. The maximum atomic E-state index is 4.64. The summed E-state index contributed by atoms with van der Waals surface area (Å²) >= 11 is 1.75. The van der Waals surface area contributed by atoms with E-state index in [0.717, 1.165) is 23.9 Å². The number of rotatable bonds is 6. The van der Waals surface area contributed by atoms with Gasteiger partial charge in [-0.1, -0.05) is 36.8 Å². The Hall–Kier alpha value is -1.15. The molecule has 0 unspecified atom stereocenters. The summed E-state index contributed by atoms with van der Waals surface area (Å²) in [6.45, 7) is 8.56. The summed E-state index contributed by atoms with van der Waals surface area (Å²) in [5, 5.41) is 7.72. The number of hydrogen-bond donors (Lipinski definition) is 2. The van der Waals surface area contributed by atoms with E-state index in [9.17, 15) is 0 Å². The van der Waals surface area contributed by atoms with Gasteiger partial charge in [-0.05, 0) is 25.8 Å². The first-order chi connectivity index (χ1) is 10.7. The van der Waals surface area contributed by atoms with Crippen LogP contribution < -0.4 is 10.6 Å². The van der Waals surface area contributed by atoms with Crippen LogP contribution in [0.15, 0.2) is 35.5 Å². The van der Waals surface area contributed by atoms with E-state index in [4.69, 9.17) is 0 Å². The zero-order valence-corrected chi connectivity index (χ0v) is 17.1. The minimum absolute atomic E-state index is 0. The largest absolute Gasteiger partial charge is 0.357 e. The summed E-state index contributed by atoms with van der Waals surface area (Å²) in [5.74, 6) is 0.831. The molecule has 4 nitrogen and oxygen atoms in total. The van der Waals surface area contributed by atoms with E-state index in [1.165, 1.54) is 16.0 Å². The lowest BCUT2D eigenvalue weighted by molar-refractivity contribution is 0.811. The SMILES string of the molecule is CCNC(=NCc1cccc(C)c1)NCc1ncc(CC)s1.I. The number of thiazole rings is 1. The molecule has 2 aromatic rings. The van der Waals surface area contributed by atoms with E-state index >= 15 is 0 Å². The molecule has 1 aromatic heterocycles. The summed E-state index contributed by atoms with van der Waals surface area (Å²) < 4.78 is 0. The molecule has 0 aliphatic rings. The van der Waals surface area contributed by atoms with Crippen molar-refractivity contribution in [3.63, 3.8) is 0 Å². The summed E-state index contributed by atoms with van der Waals surface area (Å²) in [6.07, 6.45) is 3.00. The third-order valence-corrected chi connectivity index (χ3v) is 4.35. The van der Waals surface area contributed by atoms with Crippen LogP contribution in [0.3, 0.4) is 0 Å². The van der Waals surface area contributed by atoms with Gasteiger partial charge in [-0.15, -0.1) is 35.3 Å². The van der Waals surface area contributed by atoms with Crippen LogP contribution in [0.4, 0.5) is 0 Å². The van der Waals surface area contributed by atoms with Crippen molar-refractivity contribution in [3.8, 4) is 0 Å². The van der Waals surface area contributed by atoms with Crippen molar-refractivity contribution in [2.75, 3.05) is 6.54 Å². The first-order valence-corrected chi connectivity index (χ1v) is 8.54. The number of hydrogen-bond acceptors (Lipinski definition) is 3. The second kappa shape index (κ2) is 10.6. The molecule has 6 heteroatoms. The number of benzene rings is 1. The Morgan fingerprint density at radius 1 is 1.26 bits per heavy atom. The van der Waals surface area contributed by atoms with E-state index < -0.39 is 0 Å². The maximum Gasteiger partial charge on any atom is 0.191 e. The molecule has 2 rings (SSSR count). The molecule has 0 amide bonds. The molecule has 0 aliphatic carbocycles. The van der Waals surface area contributed by atoms with Gasteiger partial charge in [0.2, 0.25) is 0 Å². The van der Waals surface area contributed by atoms with Gasteiger partial charge in [0, 0.05) is 17.6 Å². The minimum atomic E-state index is 0. The normalized spacial score (nSPS) is 11.0. The monoisotopic (exact) mass is 444 g/mol. The van der Waals surface area contributed by atoms with Gasteiger partial charge in [0.25, 0.3) is 0 Å². The molecule has 0 bridgehead atoms. The van der Waals surface area contributed by atoms with Crippen LogP contribution in [0.1, 0.15) is 34.9 Å². The van der Waals surface area contributed by atoms with Crippen LogP contribution in [0, 0.1) is 6.92 Å². The Morgan fingerprint density at radius 3 is 2.74 bits per heavy atom. The lowest BCUT2D eigenvalue weighted by atomic mass is 10.1. The van der Waals surface area contributed by atoms with Gasteiger partial charge in [-0.2, -0.15) is 0 Å². The molecule has 0 atom stereocenters. The quantitative estimate of drug-likeness (QED) is 0.404. The Kier molecular flexibility index (Phi) is 9.16. The smallest absolute Gasteiger partial charge is 0.191 e. The van der Waals surface area contributed by atoms with Crippen molar-refractivity contribution in [3.05, 3.63) is 51.5 Å². The van der Waals surface area contributed by atoms with Gasteiger partial charge < -0.3 is 10.6 Å². The van der Waals surface area contributed by atoms with Gasteiger partial charge in [-0.3, -0.25) is 0 Å². The van der Waals surface area contributed by atoms with Crippen molar-refractivity contribution in [2.45, 2.75) is 40.3 Å². The number of halogens is 1. The predicted molar refractivity (Wildman–Crippen MR) is 110 cm³/mol. The minimum Gasteiger partial charge on any atom is -0.357 e. The molecule has 23 heavy (non-hydrogen) atoms. The molecular formula is C17H25IN4S. The molecule has 1 heterocycles. The highest BCUT2D eigenvalue weighted by molar-refractivity contribution is 14.0. The topological polar surface area (TPSA) is 49.3 Å². The fourth-order valence-corrected chi connectivity index (χ4v) is 2.88. The van der Waals surface area contributed by atoms with Crippen molar-refractivity contribution >= 4 is 41.3 Å². The third kappa shape index (κ3) is 6.87. The summed E-state index contributed by atoms with van der Waals surface area (Å²) in [7, 11) is 0. The molecule has 0 fully saturated rings. The van der Waals surface area contributed by atoms with E-state index in [2.05, 4.69) is 65.6 Å². The van der Waals surface area contributed by atoms with Crippen LogP contribution in [0.2, 0.25) is 0 Å². The molecule has 0 spiro atoms. The van der Waals surface area contributed by atoms with Gasteiger partial charge in [0.05, 0.1) is 13.1 Å². The van der Waals surface area contributed by atoms with Crippen LogP contribution in [-0.4, -0.2) is 17.5 Å². The second-order valence-corrected chi connectivity index (χ2v) is 6.31. The lowest BCUT2D eigenvalue weighted by Crippen LogP contribution is -2.36. The van der Waals surface area contributed by atoms with Crippen molar-refractivity contribution < 1.29 is 0 Å². The van der Waals surface area contributed by atoms with Gasteiger partial charge in [0.15, 0.2) is 5.96 Å². The number of aliphatic imine (C=N–C) groups is 1. The van der Waals surface area contributed by atoms with Crippen molar-refractivity contribution in [2.24, 2.45) is 4.99 Å². The van der Waals surface area contributed by atoms with Crippen molar-refractivity contribution in [1.82, 2.24) is 15.6 Å². The zero-order chi connectivity index (χ0) is 15.8. The molecular weight excluding hydrogens is 419 g/mol. The van der Waals surface area contributed by atoms with Crippen molar-refractivity contribution in [1.29, 1.82) is 0 Å².